The minimum Gasteiger partial charge on any atom is -0.504 e. The fourth-order valence-electron chi connectivity index (χ4n) is 0.939. The molecule has 0 aliphatic heterocycles. The van der Waals surface area contributed by atoms with Crippen LogP contribution in [0.3, 0.4) is 0 Å². The number of phenolic OH excluding ortho intramolecular Hbond substituents is 2. The second kappa shape index (κ2) is 3.42. The highest BCUT2D eigenvalue weighted by Crippen LogP contribution is 2.28. The van der Waals surface area contributed by atoms with E-state index in [2.05, 4.69) is 0 Å². The molecule has 0 atom stereocenters. The standard InChI is InChI=1S/C8H10O4/c9-6-3-1-2-5(8(6)12)4-7(10)11/h1-3,7,9-12H,4H2. The second-order valence-electron chi connectivity index (χ2n) is 2.47. The Hall–Kier alpha value is -1.26. The molecule has 0 amide bonds. The zero-order chi connectivity index (χ0) is 9.14. The van der Waals surface area contributed by atoms with E-state index in [4.69, 9.17) is 15.3 Å². The Labute approximate surface area is 69.3 Å². The lowest BCUT2D eigenvalue weighted by Gasteiger charge is -2.06. The van der Waals surface area contributed by atoms with Gasteiger partial charge in [-0.15, -0.1) is 0 Å². The first-order chi connectivity index (χ1) is 5.61. The highest BCUT2D eigenvalue weighted by atomic mass is 16.5. The van der Waals surface area contributed by atoms with E-state index in [1.807, 2.05) is 0 Å². The van der Waals surface area contributed by atoms with Gasteiger partial charge in [-0.05, 0) is 6.07 Å². The molecule has 0 spiro atoms. The van der Waals surface area contributed by atoms with Crippen LogP contribution in [-0.4, -0.2) is 26.7 Å². The molecule has 0 heterocycles. The molecule has 4 heteroatoms. The number of phenols is 2. The minimum absolute atomic E-state index is 0.0970. The van der Waals surface area contributed by atoms with Crippen LogP contribution in [0.1, 0.15) is 5.56 Å². The zero-order valence-electron chi connectivity index (χ0n) is 6.31. The number of rotatable bonds is 2. The third-order valence-corrected chi connectivity index (χ3v) is 1.50. The van der Waals surface area contributed by atoms with Crippen LogP contribution in [0.5, 0.6) is 11.5 Å². The quantitative estimate of drug-likeness (QED) is 0.370. The van der Waals surface area contributed by atoms with Crippen molar-refractivity contribution in [2.24, 2.45) is 0 Å². The van der Waals surface area contributed by atoms with Gasteiger partial charge < -0.3 is 20.4 Å². The van der Waals surface area contributed by atoms with E-state index in [9.17, 15) is 5.11 Å². The fourth-order valence-corrected chi connectivity index (χ4v) is 0.939. The lowest BCUT2D eigenvalue weighted by Crippen LogP contribution is -2.08. The molecule has 0 bridgehead atoms. The summed E-state index contributed by atoms with van der Waals surface area (Å²) in [6.07, 6.45) is -1.61. The number of benzene rings is 1. The van der Waals surface area contributed by atoms with Gasteiger partial charge in [0.25, 0.3) is 0 Å². The molecule has 0 unspecified atom stereocenters. The molecule has 0 saturated carbocycles. The summed E-state index contributed by atoms with van der Waals surface area (Å²) >= 11 is 0. The molecule has 4 N–H and O–H groups in total. The van der Waals surface area contributed by atoms with Gasteiger partial charge in [-0.1, -0.05) is 12.1 Å². The van der Waals surface area contributed by atoms with E-state index >= 15 is 0 Å². The Morgan fingerprint density at radius 3 is 2.42 bits per heavy atom. The Bertz CT molecular complexity index is 270. The Morgan fingerprint density at radius 1 is 1.17 bits per heavy atom. The molecule has 0 fully saturated rings. The van der Waals surface area contributed by atoms with Crippen molar-refractivity contribution in [1.82, 2.24) is 0 Å². The summed E-state index contributed by atoms with van der Waals surface area (Å²) in [6, 6.07) is 4.35. The predicted octanol–water partition coefficient (Wildman–Crippen LogP) is -0.0490. The van der Waals surface area contributed by atoms with Gasteiger partial charge in [0.1, 0.15) is 0 Å². The van der Waals surface area contributed by atoms with Crippen LogP contribution in [0.15, 0.2) is 18.2 Å². The number of para-hydroxylation sites is 1. The zero-order valence-corrected chi connectivity index (χ0v) is 6.31. The van der Waals surface area contributed by atoms with Gasteiger partial charge in [-0.3, -0.25) is 0 Å². The third-order valence-electron chi connectivity index (χ3n) is 1.50. The van der Waals surface area contributed by atoms with Gasteiger partial charge in [0, 0.05) is 12.0 Å². The Balaban J connectivity index is 2.92. The van der Waals surface area contributed by atoms with E-state index in [0.29, 0.717) is 5.56 Å². The molecule has 0 aromatic heterocycles. The van der Waals surface area contributed by atoms with Gasteiger partial charge in [-0.2, -0.15) is 0 Å². The van der Waals surface area contributed by atoms with Crippen molar-refractivity contribution in [2.75, 3.05) is 0 Å². The van der Waals surface area contributed by atoms with Crippen LogP contribution in [0, 0.1) is 0 Å². The molecule has 0 saturated heterocycles. The number of aliphatic hydroxyl groups excluding tert-OH is 1. The Kier molecular flexibility index (Phi) is 2.52. The average molecular weight is 170 g/mol. The van der Waals surface area contributed by atoms with Crippen LogP contribution in [0.25, 0.3) is 0 Å². The second-order valence-corrected chi connectivity index (χ2v) is 2.47. The smallest absolute Gasteiger partial charge is 0.160 e. The summed E-state index contributed by atoms with van der Waals surface area (Å²) in [5.41, 5.74) is 0.310. The molecule has 0 radical (unpaired) electrons. The van der Waals surface area contributed by atoms with E-state index in [1.54, 1.807) is 0 Å². The summed E-state index contributed by atoms with van der Waals surface area (Å²) in [5, 5.41) is 35.3. The number of aliphatic hydroxyl groups is 2. The number of hydrogen-bond donors (Lipinski definition) is 4. The van der Waals surface area contributed by atoms with Crippen LogP contribution < -0.4 is 0 Å². The van der Waals surface area contributed by atoms with Crippen molar-refractivity contribution in [1.29, 1.82) is 0 Å². The summed E-state index contributed by atoms with van der Waals surface area (Å²) in [4.78, 5) is 0. The van der Waals surface area contributed by atoms with Crippen molar-refractivity contribution >= 4 is 0 Å². The maximum atomic E-state index is 9.17. The topological polar surface area (TPSA) is 80.9 Å². The number of hydrogen-bond acceptors (Lipinski definition) is 4. The van der Waals surface area contributed by atoms with E-state index in [0.717, 1.165) is 0 Å². The molecule has 12 heavy (non-hydrogen) atoms. The lowest BCUT2D eigenvalue weighted by molar-refractivity contribution is -0.0385. The monoisotopic (exact) mass is 170 g/mol. The lowest BCUT2D eigenvalue weighted by atomic mass is 10.1. The molecule has 0 aliphatic rings. The summed E-state index contributed by atoms with van der Waals surface area (Å²) in [7, 11) is 0. The van der Waals surface area contributed by atoms with Crippen LogP contribution in [-0.2, 0) is 6.42 Å². The fraction of sp³-hybridized carbons (Fsp3) is 0.250. The molecule has 66 valence electrons. The van der Waals surface area contributed by atoms with Crippen LogP contribution >= 0.6 is 0 Å². The van der Waals surface area contributed by atoms with Gasteiger partial charge in [0.2, 0.25) is 0 Å². The van der Waals surface area contributed by atoms with Crippen molar-refractivity contribution in [2.45, 2.75) is 12.7 Å². The van der Waals surface area contributed by atoms with Crippen LogP contribution in [0.4, 0.5) is 0 Å². The summed E-state index contributed by atoms with van der Waals surface area (Å²) in [6.45, 7) is 0. The van der Waals surface area contributed by atoms with E-state index in [1.165, 1.54) is 18.2 Å². The molecule has 1 aromatic carbocycles. The number of aromatic hydroxyl groups is 2. The largest absolute Gasteiger partial charge is 0.504 e. The SMILES string of the molecule is Oc1cccc(CC(O)O)c1O. The van der Waals surface area contributed by atoms with Gasteiger partial charge in [0.05, 0.1) is 0 Å². The first-order valence-corrected chi connectivity index (χ1v) is 3.47. The summed E-state index contributed by atoms with van der Waals surface area (Å²) in [5.74, 6) is -0.557. The maximum absolute atomic E-state index is 9.17. The average Bonchev–Trinajstić information content (AvgIpc) is 1.98. The first-order valence-electron chi connectivity index (χ1n) is 3.47. The van der Waals surface area contributed by atoms with Crippen molar-refractivity contribution in [3.05, 3.63) is 23.8 Å². The Morgan fingerprint density at radius 2 is 1.83 bits per heavy atom. The molecule has 1 rings (SSSR count). The van der Waals surface area contributed by atoms with Gasteiger partial charge >= 0.3 is 0 Å². The first kappa shape index (κ1) is 8.83. The van der Waals surface area contributed by atoms with Gasteiger partial charge in [-0.25, -0.2) is 0 Å². The maximum Gasteiger partial charge on any atom is 0.160 e. The molecular formula is C8H10O4. The van der Waals surface area contributed by atoms with E-state index < -0.39 is 6.29 Å². The highest BCUT2D eigenvalue weighted by Gasteiger charge is 2.08. The van der Waals surface area contributed by atoms with Gasteiger partial charge in [0.15, 0.2) is 17.8 Å². The van der Waals surface area contributed by atoms with Crippen LogP contribution in [0.2, 0.25) is 0 Å². The normalized spacial score (nSPS) is 10.6. The van der Waals surface area contributed by atoms with E-state index in [-0.39, 0.29) is 17.9 Å². The third kappa shape index (κ3) is 1.87. The van der Waals surface area contributed by atoms with Crippen molar-refractivity contribution in [3.63, 3.8) is 0 Å². The predicted molar refractivity (Wildman–Crippen MR) is 41.7 cm³/mol. The molecule has 0 aliphatic carbocycles. The molecule has 1 aromatic rings. The van der Waals surface area contributed by atoms with Crippen molar-refractivity contribution < 1.29 is 20.4 Å². The molecule has 4 nitrogen and oxygen atoms in total. The van der Waals surface area contributed by atoms with Crippen molar-refractivity contribution in [3.8, 4) is 11.5 Å². The summed E-state index contributed by atoms with van der Waals surface area (Å²) < 4.78 is 0. The minimum atomic E-state index is -1.52. The highest BCUT2D eigenvalue weighted by molar-refractivity contribution is 5.44. The molecular weight excluding hydrogens is 160 g/mol.